The van der Waals surface area contributed by atoms with Crippen molar-refractivity contribution in [2.24, 2.45) is 0 Å². The van der Waals surface area contributed by atoms with E-state index in [0.29, 0.717) is 5.56 Å². The van der Waals surface area contributed by atoms with Gasteiger partial charge in [-0.15, -0.1) is 0 Å². The SMILES string of the molecule is CC(=O)c1c(-c2ccccc2)nn(Cc2ccccc2)c(=O)c1[N+](=O)[O-]. The minimum Gasteiger partial charge on any atom is -0.294 e. The summed E-state index contributed by atoms with van der Waals surface area (Å²) in [5.41, 5.74) is -0.490. The molecule has 130 valence electrons. The van der Waals surface area contributed by atoms with E-state index in [0.717, 1.165) is 10.2 Å². The quantitative estimate of drug-likeness (QED) is 0.401. The summed E-state index contributed by atoms with van der Waals surface area (Å²) in [5.74, 6) is -0.577. The average Bonchev–Trinajstić information content (AvgIpc) is 2.64. The number of nitrogens with zero attached hydrogens (tertiary/aromatic N) is 3. The van der Waals surface area contributed by atoms with Crippen LogP contribution in [0, 0.1) is 10.1 Å². The van der Waals surface area contributed by atoms with Gasteiger partial charge in [-0.25, -0.2) is 4.68 Å². The van der Waals surface area contributed by atoms with Crippen LogP contribution in [0.1, 0.15) is 22.8 Å². The second-order valence-corrected chi connectivity index (χ2v) is 5.70. The third-order valence-corrected chi connectivity index (χ3v) is 3.89. The first-order valence-electron chi connectivity index (χ1n) is 7.89. The number of benzene rings is 2. The van der Waals surface area contributed by atoms with Gasteiger partial charge in [-0.2, -0.15) is 5.10 Å². The number of carbonyl (C=O) groups is 1. The summed E-state index contributed by atoms with van der Waals surface area (Å²) in [7, 11) is 0. The summed E-state index contributed by atoms with van der Waals surface area (Å²) in [6, 6.07) is 17.7. The Morgan fingerprint density at radius 1 is 1.08 bits per heavy atom. The van der Waals surface area contributed by atoms with Crippen molar-refractivity contribution in [2.75, 3.05) is 0 Å². The lowest BCUT2D eigenvalue weighted by molar-refractivity contribution is -0.386. The van der Waals surface area contributed by atoms with Gasteiger partial charge in [0.2, 0.25) is 0 Å². The highest BCUT2D eigenvalue weighted by Gasteiger charge is 2.30. The molecule has 0 saturated heterocycles. The smallest absolute Gasteiger partial charge is 0.294 e. The topological polar surface area (TPSA) is 95.1 Å². The molecule has 1 aromatic heterocycles. The molecule has 7 heteroatoms. The van der Waals surface area contributed by atoms with Gasteiger partial charge in [-0.3, -0.25) is 19.7 Å². The molecule has 0 aliphatic carbocycles. The maximum absolute atomic E-state index is 12.6. The van der Waals surface area contributed by atoms with Crippen LogP contribution in [-0.2, 0) is 6.54 Å². The zero-order valence-electron chi connectivity index (χ0n) is 14.0. The highest BCUT2D eigenvalue weighted by atomic mass is 16.6. The minimum atomic E-state index is -0.899. The van der Waals surface area contributed by atoms with Gasteiger partial charge in [-0.05, 0) is 12.5 Å². The fourth-order valence-corrected chi connectivity index (χ4v) is 2.72. The lowest BCUT2D eigenvalue weighted by Gasteiger charge is -2.11. The first-order chi connectivity index (χ1) is 12.5. The number of hydrogen-bond donors (Lipinski definition) is 0. The van der Waals surface area contributed by atoms with Gasteiger partial charge in [0.1, 0.15) is 11.3 Å². The fraction of sp³-hybridized carbons (Fsp3) is 0.105. The Hall–Kier alpha value is -3.61. The standard InChI is InChI=1S/C19H15N3O4/c1-13(23)16-17(15-10-6-3-7-11-15)20-21(19(24)18(16)22(25)26)12-14-8-4-2-5-9-14/h2-11H,12H2,1H3. The predicted molar refractivity (Wildman–Crippen MR) is 96.1 cm³/mol. The maximum Gasteiger partial charge on any atom is 0.348 e. The Balaban J connectivity index is 2.30. The number of rotatable bonds is 5. The van der Waals surface area contributed by atoms with Crippen molar-refractivity contribution in [1.82, 2.24) is 9.78 Å². The van der Waals surface area contributed by atoms with E-state index < -0.39 is 22.0 Å². The van der Waals surface area contributed by atoms with Crippen molar-refractivity contribution in [1.29, 1.82) is 0 Å². The molecule has 0 bridgehead atoms. The lowest BCUT2D eigenvalue weighted by atomic mass is 10.0. The van der Waals surface area contributed by atoms with E-state index in [1.165, 1.54) is 6.92 Å². The van der Waals surface area contributed by atoms with Crippen LogP contribution in [0.2, 0.25) is 0 Å². The molecule has 3 rings (SSSR count). The van der Waals surface area contributed by atoms with E-state index in [9.17, 15) is 19.7 Å². The normalized spacial score (nSPS) is 10.5. The van der Waals surface area contributed by atoms with Gasteiger partial charge in [0.15, 0.2) is 5.78 Å². The predicted octanol–water partition coefficient (Wildman–Crippen LogP) is 3.07. The summed E-state index contributed by atoms with van der Waals surface area (Å²) < 4.78 is 1.03. The number of ketones is 1. The summed E-state index contributed by atoms with van der Waals surface area (Å²) in [5, 5.41) is 15.8. The van der Waals surface area contributed by atoms with E-state index >= 15 is 0 Å². The molecule has 0 amide bonds. The zero-order valence-corrected chi connectivity index (χ0v) is 14.0. The molecule has 3 aromatic rings. The molecule has 7 nitrogen and oxygen atoms in total. The highest BCUT2D eigenvalue weighted by molar-refractivity contribution is 6.03. The molecule has 0 radical (unpaired) electrons. The largest absolute Gasteiger partial charge is 0.348 e. The van der Waals surface area contributed by atoms with E-state index in [4.69, 9.17) is 0 Å². The summed E-state index contributed by atoms with van der Waals surface area (Å²) >= 11 is 0. The van der Waals surface area contributed by atoms with Gasteiger partial charge < -0.3 is 0 Å². The molecule has 0 unspecified atom stereocenters. The third-order valence-electron chi connectivity index (χ3n) is 3.89. The van der Waals surface area contributed by atoms with Crippen LogP contribution < -0.4 is 5.56 Å². The van der Waals surface area contributed by atoms with Crippen molar-refractivity contribution < 1.29 is 9.72 Å². The van der Waals surface area contributed by atoms with Crippen molar-refractivity contribution in [3.05, 3.63) is 92.3 Å². The molecular formula is C19H15N3O4. The minimum absolute atomic E-state index is 0.0680. The second-order valence-electron chi connectivity index (χ2n) is 5.70. The second kappa shape index (κ2) is 7.10. The van der Waals surface area contributed by atoms with Gasteiger partial charge in [0, 0.05) is 5.56 Å². The Morgan fingerprint density at radius 3 is 2.19 bits per heavy atom. The van der Waals surface area contributed by atoms with E-state index in [-0.39, 0.29) is 17.8 Å². The number of nitro groups is 1. The van der Waals surface area contributed by atoms with Gasteiger partial charge >= 0.3 is 11.2 Å². The van der Waals surface area contributed by atoms with Crippen LogP contribution in [0.3, 0.4) is 0 Å². The molecule has 0 saturated carbocycles. The van der Waals surface area contributed by atoms with Crippen LogP contribution in [0.15, 0.2) is 65.5 Å². The van der Waals surface area contributed by atoms with Crippen LogP contribution in [0.25, 0.3) is 11.3 Å². The number of Topliss-reactive ketones (excluding diaryl/α,β-unsaturated/α-hetero) is 1. The molecule has 0 N–H and O–H groups in total. The van der Waals surface area contributed by atoms with E-state index in [1.54, 1.807) is 54.6 Å². The van der Waals surface area contributed by atoms with E-state index in [2.05, 4.69) is 5.10 Å². The third kappa shape index (κ3) is 3.27. The number of carbonyl (C=O) groups excluding carboxylic acids is 1. The van der Waals surface area contributed by atoms with Crippen LogP contribution in [0.5, 0.6) is 0 Å². The van der Waals surface area contributed by atoms with E-state index in [1.807, 2.05) is 6.07 Å². The van der Waals surface area contributed by atoms with Gasteiger partial charge in [-0.1, -0.05) is 60.7 Å². The molecule has 26 heavy (non-hydrogen) atoms. The molecule has 0 atom stereocenters. The van der Waals surface area contributed by atoms with Crippen molar-refractivity contribution >= 4 is 11.5 Å². The number of hydrogen-bond acceptors (Lipinski definition) is 5. The molecule has 0 spiro atoms. The first kappa shape index (κ1) is 17.2. The monoisotopic (exact) mass is 349 g/mol. The molecular weight excluding hydrogens is 334 g/mol. The highest BCUT2D eigenvalue weighted by Crippen LogP contribution is 2.26. The summed E-state index contributed by atoms with van der Waals surface area (Å²) in [6.45, 7) is 1.26. The molecule has 0 aliphatic rings. The van der Waals surface area contributed by atoms with Crippen molar-refractivity contribution in [3.8, 4) is 11.3 Å². The number of aromatic nitrogens is 2. The molecule has 0 fully saturated rings. The summed E-state index contributed by atoms with van der Waals surface area (Å²) in [4.78, 5) is 35.5. The summed E-state index contributed by atoms with van der Waals surface area (Å²) in [6.07, 6.45) is 0. The fourth-order valence-electron chi connectivity index (χ4n) is 2.72. The maximum atomic E-state index is 12.6. The Morgan fingerprint density at radius 2 is 1.65 bits per heavy atom. The van der Waals surface area contributed by atoms with Crippen LogP contribution >= 0.6 is 0 Å². The molecule has 2 aromatic carbocycles. The average molecular weight is 349 g/mol. The zero-order chi connectivity index (χ0) is 18.7. The van der Waals surface area contributed by atoms with Crippen LogP contribution in [0.4, 0.5) is 5.69 Å². The van der Waals surface area contributed by atoms with Crippen molar-refractivity contribution in [3.63, 3.8) is 0 Å². The Bertz CT molecular complexity index is 1030. The molecule has 0 aliphatic heterocycles. The van der Waals surface area contributed by atoms with Gasteiger partial charge in [0.05, 0.1) is 11.5 Å². The molecule has 1 heterocycles. The first-order valence-corrected chi connectivity index (χ1v) is 7.89. The van der Waals surface area contributed by atoms with Gasteiger partial charge in [0.25, 0.3) is 0 Å². The Kier molecular flexibility index (Phi) is 4.70. The van der Waals surface area contributed by atoms with Crippen LogP contribution in [-0.4, -0.2) is 20.5 Å². The lowest BCUT2D eigenvalue weighted by Crippen LogP contribution is -2.29. The Labute approximate surface area is 148 Å². The van der Waals surface area contributed by atoms with Crippen molar-refractivity contribution in [2.45, 2.75) is 13.5 Å².